The Morgan fingerprint density at radius 3 is 2.46 bits per heavy atom. The Bertz CT molecular complexity index is 1210. The summed E-state index contributed by atoms with van der Waals surface area (Å²) < 4.78 is 17.9. The largest absolute Gasteiger partial charge is 0.493 e. The second kappa shape index (κ2) is 10.7. The molecule has 1 N–H and O–H groups in total. The number of thiophene rings is 1. The Kier molecular flexibility index (Phi) is 8.32. The van der Waals surface area contributed by atoms with Crippen LogP contribution in [0.25, 0.3) is 10.9 Å². The summed E-state index contributed by atoms with van der Waals surface area (Å²) in [7, 11) is 3.04. The Labute approximate surface area is 219 Å². The van der Waals surface area contributed by atoms with Gasteiger partial charge < -0.3 is 19.5 Å². The molecule has 190 valence electrons. The normalized spacial score (nSPS) is 12.9. The minimum atomic E-state index is -0.616. The molecule has 0 aliphatic rings. The van der Waals surface area contributed by atoms with Crippen molar-refractivity contribution in [1.29, 1.82) is 0 Å². The van der Waals surface area contributed by atoms with Crippen molar-refractivity contribution in [3.05, 3.63) is 38.8 Å². The first-order chi connectivity index (χ1) is 16.3. The summed E-state index contributed by atoms with van der Waals surface area (Å²) in [6.07, 6.45) is 0.606. The number of carbonyl (C=O) groups excluding carboxylic acids is 1. The molecule has 2 heterocycles. The monoisotopic (exact) mass is 563 g/mol. The van der Waals surface area contributed by atoms with Crippen molar-refractivity contribution in [1.82, 2.24) is 9.97 Å². The molecule has 0 amide bonds. The maximum absolute atomic E-state index is 12.2. The number of rotatable bonds is 10. The maximum Gasteiger partial charge on any atom is 0.311 e. The molecular formula is C26H34BrN3O4S. The Balaban J connectivity index is 1.87. The van der Waals surface area contributed by atoms with E-state index >= 15 is 0 Å². The van der Waals surface area contributed by atoms with Gasteiger partial charge in [0.1, 0.15) is 11.6 Å². The minimum absolute atomic E-state index is 0.0738. The van der Waals surface area contributed by atoms with Gasteiger partial charge in [0.05, 0.1) is 37.8 Å². The molecule has 0 aliphatic carbocycles. The van der Waals surface area contributed by atoms with Crippen LogP contribution in [0.4, 0.5) is 5.82 Å². The summed E-state index contributed by atoms with van der Waals surface area (Å²) in [5, 5.41) is 6.44. The molecule has 0 bridgehead atoms. The van der Waals surface area contributed by atoms with E-state index in [0.717, 1.165) is 21.2 Å². The van der Waals surface area contributed by atoms with Gasteiger partial charge in [-0.25, -0.2) is 9.97 Å². The molecule has 1 aromatic carbocycles. The lowest BCUT2D eigenvalue weighted by Gasteiger charge is -2.33. The molecule has 0 radical (unpaired) electrons. The van der Waals surface area contributed by atoms with Crippen LogP contribution in [0.5, 0.6) is 11.5 Å². The summed E-state index contributed by atoms with van der Waals surface area (Å²) in [5.41, 5.74) is -0.131. The van der Waals surface area contributed by atoms with Crippen LogP contribution in [-0.4, -0.2) is 36.8 Å². The van der Waals surface area contributed by atoms with E-state index in [1.54, 1.807) is 18.4 Å². The summed E-state index contributed by atoms with van der Waals surface area (Å²) in [5.74, 6) is 2.38. The number of methoxy groups -OCH3 is 2. The van der Waals surface area contributed by atoms with Crippen LogP contribution < -0.4 is 14.8 Å². The minimum Gasteiger partial charge on any atom is -0.493 e. The average Bonchev–Trinajstić information content (AvgIpc) is 3.22. The second-order valence-electron chi connectivity index (χ2n) is 10.2. The van der Waals surface area contributed by atoms with Gasteiger partial charge in [-0.05, 0) is 67.6 Å². The second-order valence-corrected chi connectivity index (χ2v) is 12.0. The molecular weight excluding hydrogens is 530 g/mol. The first-order valence-electron chi connectivity index (χ1n) is 11.4. The summed E-state index contributed by atoms with van der Waals surface area (Å²) in [4.78, 5) is 22.7. The number of aryl methyl sites for hydroxylation is 1. The SMILES string of the molecule is COC(=O)C(C)(C)CC(C)(C)COc1cc2nc(C)nc(NC(C)c3cc(Br)cs3)c2cc1OC. The van der Waals surface area contributed by atoms with E-state index in [1.165, 1.54) is 12.0 Å². The number of carbonyl (C=O) groups is 1. The van der Waals surface area contributed by atoms with E-state index in [0.29, 0.717) is 30.4 Å². The first-order valence-corrected chi connectivity index (χ1v) is 13.1. The van der Waals surface area contributed by atoms with Gasteiger partial charge >= 0.3 is 5.97 Å². The number of fused-ring (bicyclic) bond motifs is 1. The zero-order valence-electron chi connectivity index (χ0n) is 21.6. The van der Waals surface area contributed by atoms with Crippen LogP contribution in [0.3, 0.4) is 0 Å². The molecule has 35 heavy (non-hydrogen) atoms. The number of hydrogen-bond acceptors (Lipinski definition) is 8. The highest BCUT2D eigenvalue weighted by Crippen LogP contribution is 2.39. The predicted octanol–water partition coefficient (Wildman–Crippen LogP) is 6.94. The van der Waals surface area contributed by atoms with Crippen molar-refractivity contribution in [2.75, 3.05) is 26.1 Å². The number of halogens is 1. The predicted molar refractivity (Wildman–Crippen MR) is 145 cm³/mol. The molecule has 0 fully saturated rings. The highest BCUT2D eigenvalue weighted by Gasteiger charge is 2.36. The van der Waals surface area contributed by atoms with Gasteiger partial charge in [0.15, 0.2) is 11.5 Å². The van der Waals surface area contributed by atoms with Crippen molar-refractivity contribution in [2.24, 2.45) is 10.8 Å². The Morgan fingerprint density at radius 1 is 1.14 bits per heavy atom. The lowest BCUT2D eigenvalue weighted by molar-refractivity contribution is -0.152. The third kappa shape index (κ3) is 6.64. The fraction of sp³-hybridized carbons (Fsp3) is 0.500. The van der Waals surface area contributed by atoms with Gasteiger partial charge in [0, 0.05) is 26.2 Å². The van der Waals surface area contributed by atoms with Crippen molar-refractivity contribution >= 4 is 50.0 Å². The van der Waals surface area contributed by atoms with E-state index in [9.17, 15) is 4.79 Å². The fourth-order valence-electron chi connectivity index (χ4n) is 4.34. The third-order valence-corrected chi connectivity index (χ3v) is 7.61. The topological polar surface area (TPSA) is 82.6 Å². The zero-order chi connectivity index (χ0) is 26.0. The summed E-state index contributed by atoms with van der Waals surface area (Å²) in [6, 6.07) is 5.98. The quantitative estimate of drug-likeness (QED) is 0.267. The molecule has 7 nitrogen and oxygen atoms in total. The highest BCUT2D eigenvalue weighted by molar-refractivity contribution is 9.10. The van der Waals surface area contributed by atoms with Crippen LogP contribution in [0.1, 0.15) is 57.8 Å². The third-order valence-electron chi connectivity index (χ3n) is 5.74. The van der Waals surface area contributed by atoms with E-state index in [1.807, 2.05) is 32.9 Å². The molecule has 9 heteroatoms. The molecule has 3 aromatic rings. The summed E-state index contributed by atoms with van der Waals surface area (Å²) in [6.45, 7) is 12.3. The number of benzene rings is 1. The number of hydrogen-bond donors (Lipinski definition) is 1. The Morgan fingerprint density at radius 2 is 1.86 bits per heavy atom. The van der Waals surface area contributed by atoms with Crippen LogP contribution in [0, 0.1) is 17.8 Å². The smallest absolute Gasteiger partial charge is 0.311 e. The number of anilines is 1. The molecule has 3 rings (SSSR count). The summed E-state index contributed by atoms with van der Waals surface area (Å²) >= 11 is 5.21. The maximum atomic E-state index is 12.2. The molecule has 0 spiro atoms. The molecule has 1 unspecified atom stereocenters. The van der Waals surface area contributed by atoms with E-state index < -0.39 is 5.41 Å². The van der Waals surface area contributed by atoms with Crippen LogP contribution in [0.15, 0.2) is 28.1 Å². The number of esters is 1. The fourth-order valence-corrected chi connectivity index (χ4v) is 5.79. The van der Waals surface area contributed by atoms with Gasteiger partial charge in [0.25, 0.3) is 0 Å². The van der Waals surface area contributed by atoms with E-state index in [-0.39, 0.29) is 17.4 Å². The van der Waals surface area contributed by atoms with Crippen molar-refractivity contribution in [3.63, 3.8) is 0 Å². The van der Waals surface area contributed by atoms with Crippen LogP contribution in [-0.2, 0) is 9.53 Å². The van der Waals surface area contributed by atoms with Gasteiger partial charge in [-0.3, -0.25) is 4.79 Å². The van der Waals surface area contributed by atoms with Crippen molar-refractivity contribution in [3.8, 4) is 11.5 Å². The van der Waals surface area contributed by atoms with E-state index in [2.05, 4.69) is 63.4 Å². The lowest BCUT2D eigenvalue weighted by Crippen LogP contribution is -2.34. The van der Waals surface area contributed by atoms with Gasteiger partial charge in [-0.15, -0.1) is 11.3 Å². The molecule has 0 saturated carbocycles. The highest BCUT2D eigenvalue weighted by atomic mass is 79.9. The standard InChI is InChI=1S/C26H34BrN3O4S/c1-15(22-9-17(27)12-35-22)28-23-18-10-20(32-7)21(11-19(18)29-16(2)30-23)34-14-25(3,4)13-26(5,6)24(31)33-8/h9-12,15H,13-14H2,1-8H3,(H,28,29,30). The molecule has 0 aliphatic heterocycles. The van der Waals surface area contributed by atoms with Gasteiger partial charge in [0.2, 0.25) is 0 Å². The van der Waals surface area contributed by atoms with Gasteiger partial charge in [-0.2, -0.15) is 0 Å². The van der Waals surface area contributed by atoms with E-state index in [4.69, 9.17) is 14.2 Å². The lowest BCUT2D eigenvalue weighted by atomic mass is 9.75. The van der Waals surface area contributed by atoms with Gasteiger partial charge in [-0.1, -0.05) is 13.8 Å². The Hall–Kier alpha value is -2.39. The number of aromatic nitrogens is 2. The molecule has 2 aromatic heterocycles. The zero-order valence-corrected chi connectivity index (χ0v) is 24.0. The van der Waals surface area contributed by atoms with Crippen molar-refractivity contribution < 1.29 is 19.0 Å². The number of ether oxygens (including phenoxy) is 3. The average molecular weight is 565 g/mol. The van der Waals surface area contributed by atoms with Crippen LogP contribution in [0.2, 0.25) is 0 Å². The van der Waals surface area contributed by atoms with Crippen molar-refractivity contribution in [2.45, 2.75) is 54.0 Å². The molecule has 0 saturated heterocycles. The number of nitrogens with one attached hydrogen (secondary N) is 1. The number of nitrogens with zero attached hydrogens (tertiary/aromatic N) is 2. The first kappa shape index (κ1) is 27.2. The van der Waals surface area contributed by atoms with Crippen LogP contribution >= 0.6 is 27.3 Å². The molecule has 1 atom stereocenters.